The van der Waals surface area contributed by atoms with Crippen LogP contribution >= 0.6 is 0 Å². The van der Waals surface area contributed by atoms with Gasteiger partial charge in [-0.1, -0.05) is 18.2 Å². The molecule has 0 amide bonds. The van der Waals surface area contributed by atoms with Gasteiger partial charge >= 0.3 is 5.97 Å². The lowest BCUT2D eigenvalue weighted by Gasteiger charge is -2.36. The predicted octanol–water partition coefficient (Wildman–Crippen LogP) is 2.48. The Kier molecular flexibility index (Phi) is 4.10. The molecule has 104 valence electrons. The summed E-state index contributed by atoms with van der Waals surface area (Å²) in [6, 6.07) is 7.45. The van der Waals surface area contributed by atoms with Gasteiger partial charge in [-0.25, -0.2) is 4.79 Å². The van der Waals surface area contributed by atoms with E-state index < -0.39 is 11.5 Å². The monoisotopic (exact) mass is 263 g/mol. The Hall–Kier alpha value is -1.55. The van der Waals surface area contributed by atoms with Gasteiger partial charge in [0.2, 0.25) is 0 Å². The van der Waals surface area contributed by atoms with Gasteiger partial charge in [-0.05, 0) is 45.8 Å². The standard InChI is InChI=1S/C15H21NO3/c1-3-19-13-9-5-4-8-12(13)15(2,14(17)18)16-10-6-7-11-16/h4-5,8-9H,3,6-7,10-11H2,1-2H3,(H,17,18). The van der Waals surface area contributed by atoms with Crippen molar-refractivity contribution in [1.29, 1.82) is 0 Å². The second-order valence-electron chi connectivity index (χ2n) is 5.00. The van der Waals surface area contributed by atoms with Gasteiger partial charge in [0.25, 0.3) is 0 Å². The molecule has 1 saturated heterocycles. The molecule has 0 spiro atoms. The summed E-state index contributed by atoms with van der Waals surface area (Å²) in [5.74, 6) is -0.150. The van der Waals surface area contributed by atoms with E-state index >= 15 is 0 Å². The topological polar surface area (TPSA) is 49.8 Å². The zero-order valence-electron chi connectivity index (χ0n) is 11.6. The van der Waals surface area contributed by atoms with Crippen LogP contribution in [-0.2, 0) is 10.3 Å². The molecule has 1 fully saturated rings. The molecule has 0 bridgehead atoms. The molecule has 4 heteroatoms. The van der Waals surface area contributed by atoms with Crippen molar-refractivity contribution in [3.8, 4) is 5.75 Å². The van der Waals surface area contributed by atoms with Gasteiger partial charge in [-0.3, -0.25) is 4.90 Å². The highest BCUT2D eigenvalue weighted by molar-refractivity contribution is 5.81. The molecule has 0 radical (unpaired) electrons. The maximum Gasteiger partial charge on any atom is 0.328 e. The molecule has 1 aliphatic heterocycles. The molecule has 0 saturated carbocycles. The van der Waals surface area contributed by atoms with Crippen molar-refractivity contribution >= 4 is 5.97 Å². The quantitative estimate of drug-likeness (QED) is 0.886. The van der Waals surface area contributed by atoms with Crippen molar-refractivity contribution in [3.63, 3.8) is 0 Å². The largest absolute Gasteiger partial charge is 0.494 e. The number of nitrogens with zero attached hydrogens (tertiary/aromatic N) is 1. The number of rotatable bonds is 5. The van der Waals surface area contributed by atoms with E-state index in [0.717, 1.165) is 31.5 Å². The Balaban J connectivity index is 2.46. The summed E-state index contributed by atoms with van der Waals surface area (Å²) in [6.07, 6.45) is 2.11. The average molecular weight is 263 g/mol. The van der Waals surface area contributed by atoms with Crippen molar-refractivity contribution in [2.75, 3.05) is 19.7 Å². The highest BCUT2D eigenvalue weighted by Gasteiger charge is 2.44. The Morgan fingerprint density at radius 1 is 1.37 bits per heavy atom. The molecule has 0 aliphatic carbocycles. The molecule has 1 aromatic rings. The number of hydrogen-bond acceptors (Lipinski definition) is 3. The number of aliphatic carboxylic acids is 1. The van der Waals surface area contributed by atoms with Crippen LogP contribution in [0.15, 0.2) is 24.3 Å². The normalized spacial score (nSPS) is 19.1. The molecule has 1 N–H and O–H groups in total. The maximum atomic E-state index is 11.9. The van der Waals surface area contributed by atoms with Crippen LogP contribution in [0.25, 0.3) is 0 Å². The predicted molar refractivity (Wildman–Crippen MR) is 73.4 cm³/mol. The van der Waals surface area contributed by atoms with E-state index in [9.17, 15) is 9.90 Å². The molecular formula is C15H21NO3. The third kappa shape index (κ3) is 2.45. The maximum absolute atomic E-state index is 11.9. The summed E-state index contributed by atoms with van der Waals surface area (Å²) in [6.45, 7) is 5.86. The van der Waals surface area contributed by atoms with E-state index in [1.165, 1.54) is 0 Å². The lowest BCUT2D eigenvalue weighted by molar-refractivity contribution is -0.150. The van der Waals surface area contributed by atoms with E-state index in [4.69, 9.17) is 4.74 Å². The minimum absolute atomic E-state index is 0.534. The number of ether oxygens (including phenoxy) is 1. The van der Waals surface area contributed by atoms with Crippen LogP contribution in [0.2, 0.25) is 0 Å². The first kappa shape index (κ1) is 13.9. The fourth-order valence-electron chi connectivity index (χ4n) is 2.74. The van der Waals surface area contributed by atoms with Crippen molar-refractivity contribution in [2.24, 2.45) is 0 Å². The number of carboxylic acids is 1. The molecule has 1 atom stereocenters. The second kappa shape index (κ2) is 5.61. The highest BCUT2D eigenvalue weighted by atomic mass is 16.5. The molecule has 2 rings (SSSR count). The summed E-state index contributed by atoms with van der Waals surface area (Å²) < 4.78 is 5.60. The van der Waals surface area contributed by atoms with Crippen LogP contribution in [0.1, 0.15) is 32.3 Å². The van der Waals surface area contributed by atoms with Crippen LogP contribution in [0.4, 0.5) is 0 Å². The summed E-state index contributed by atoms with van der Waals surface area (Å²) >= 11 is 0. The summed E-state index contributed by atoms with van der Waals surface area (Å²) in [4.78, 5) is 13.9. The minimum Gasteiger partial charge on any atom is -0.494 e. The van der Waals surface area contributed by atoms with E-state index in [2.05, 4.69) is 0 Å². The average Bonchev–Trinajstić information content (AvgIpc) is 2.93. The third-order valence-corrected chi connectivity index (χ3v) is 3.87. The van der Waals surface area contributed by atoms with Crippen molar-refractivity contribution in [3.05, 3.63) is 29.8 Å². The number of carbonyl (C=O) groups is 1. The van der Waals surface area contributed by atoms with Gasteiger partial charge in [0, 0.05) is 5.56 Å². The fraction of sp³-hybridized carbons (Fsp3) is 0.533. The first-order valence-electron chi connectivity index (χ1n) is 6.81. The molecule has 19 heavy (non-hydrogen) atoms. The smallest absolute Gasteiger partial charge is 0.328 e. The molecule has 4 nitrogen and oxygen atoms in total. The SMILES string of the molecule is CCOc1ccccc1C(C)(C(=O)O)N1CCCC1. The fourth-order valence-corrected chi connectivity index (χ4v) is 2.74. The van der Waals surface area contributed by atoms with Gasteiger partial charge in [-0.2, -0.15) is 0 Å². The van der Waals surface area contributed by atoms with Crippen LogP contribution in [0.3, 0.4) is 0 Å². The van der Waals surface area contributed by atoms with Gasteiger partial charge in [0.1, 0.15) is 11.3 Å². The molecule has 0 aromatic heterocycles. The zero-order chi connectivity index (χ0) is 13.9. The molecule has 1 unspecified atom stereocenters. The highest BCUT2D eigenvalue weighted by Crippen LogP contribution is 2.37. The number of carboxylic acid groups (broad SMARTS) is 1. The van der Waals surface area contributed by atoms with Gasteiger partial charge in [0.15, 0.2) is 0 Å². The molecule has 1 heterocycles. The first-order valence-corrected chi connectivity index (χ1v) is 6.81. The Morgan fingerprint density at radius 2 is 2.00 bits per heavy atom. The number of benzene rings is 1. The third-order valence-electron chi connectivity index (χ3n) is 3.87. The van der Waals surface area contributed by atoms with Gasteiger partial charge in [-0.15, -0.1) is 0 Å². The second-order valence-corrected chi connectivity index (χ2v) is 5.00. The zero-order valence-corrected chi connectivity index (χ0v) is 11.6. The van der Waals surface area contributed by atoms with E-state index in [1.807, 2.05) is 36.1 Å². The van der Waals surface area contributed by atoms with E-state index in [0.29, 0.717) is 12.4 Å². The number of hydrogen-bond donors (Lipinski definition) is 1. The Labute approximate surface area is 114 Å². The first-order chi connectivity index (χ1) is 9.10. The minimum atomic E-state index is -1.01. The van der Waals surface area contributed by atoms with E-state index in [1.54, 1.807) is 6.92 Å². The van der Waals surface area contributed by atoms with Gasteiger partial charge in [0.05, 0.1) is 6.61 Å². The van der Waals surface area contributed by atoms with Crippen molar-refractivity contribution in [1.82, 2.24) is 4.90 Å². The van der Waals surface area contributed by atoms with Crippen LogP contribution in [0.5, 0.6) is 5.75 Å². The molecule has 1 aliphatic rings. The Bertz CT molecular complexity index is 454. The summed E-state index contributed by atoms with van der Waals surface area (Å²) in [5, 5.41) is 9.74. The molecule has 1 aromatic carbocycles. The van der Waals surface area contributed by atoms with Crippen molar-refractivity contribution < 1.29 is 14.6 Å². The lowest BCUT2D eigenvalue weighted by Crippen LogP contribution is -2.48. The van der Waals surface area contributed by atoms with E-state index in [-0.39, 0.29) is 0 Å². The Morgan fingerprint density at radius 3 is 2.58 bits per heavy atom. The summed E-state index contributed by atoms with van der Waals surface area (Å²) in [7, 11) is 0. The van der Waals surface area contributed by atoms with Gasteiger partial charge < -0.3 is 9.84 Å². The van der Waals surface area contributed by atoms with Crippen LogP contribution < -0.4 is 4.74 Å². The van der Waals surface area contributed by atoms with Crippen LogP contribution in [-0.4, -0.2) is 35.7 Å². The lowest BCUT2D eigenvalue weighted by atomic mass is 9.89. The van der Waals surface area contributed by atoms with Crippen LogP contribution in [0, 0.1) is 0 Å². The number of para-hydroxylation sites is 1. The van der Waals surface area contributed by atoms with Crippen molar-refractivity contribution in [2.45, 2.75) is 32.2 Å². The number of likely N-dealkylation sites (tertiary alicyclic amines) is 1. The summed E-state index contributed by atoms with van der Waals surface area (Å²) in [5.41, 5.74) is -0.270. The molecular weight excluding hydrogens is 242 g/mol.